The number of carbonyl (C=O) groups is 1. The normalized spacial score (nSPS) is 11.3. The van der Waals surface area contributed by atoms with Gasteiger partial charge in [0.25, 0.3) is 0 Å². The van der Waals surface area contributed by atoms with Crippen molar-refractivity contribution in [2.75, 3.05) is 0 Å². The number of aliphatic carboxylic acids is 1. The van der Waals surface area contributed by atoms with Gasteiger partial charge >= 0.3 is 5.97 Å². The van der Waals surface area contributed by atoms with Crippen molar-refractivity contribution in [1.29, 1.82) is 0 Å². The smallest absolute Gasteiger partial charge is 0.351 e. The van der Waals surface area contributed by atoms with E-state index in [-0.39, 0.29) is 5.71 Å². The molecule has 4 nitrogen and oxygen atoms in total. The fraction of sp³-hybridized carbons (Fsp3) is 0.333. The van der Waals surface area contributed by atoms with Gasteiger partial charge in [0.05, 0.1) is 0 Å². The minimum atomic E-state index is -1.08. The zero-order valence-electron chi connectivity index (χ0n) is 3.88. The third kappa shape index (κ3) is 1.75. The maximum absolute atomic E-state index is 9.72. The molecule has 0 heterocycles. The second-order valence-corrected chi connectivity index (χ2v) is 1.02. The van der Waals surface area contributed by atoms with Gasteiger partial charge in [-0.2, -0.15) is 5.10 Å². The highest BCUT2D eigenvalue weighted by Crippen LogP contribution is 1.68. The van der Waals surface area contributed by atoms with Crippen LogP contribution in [0.3, 0.4) is 0 Å². The predicted molar refractivity (Wildman–Crippen MR) is 24.9 cm³/mol. The van der Waals surface area contributed by atoms with Crippen LogP contribution in [0.2, 0.25) is 0 Å². The van der Waals surface area contributed by atoms with E-state index >= 15 is 0 Å². The Kier molecular flexibility index (Phi) is 1.84. The summed E-state index contributed by atoms with van der Waals surface area (Å²) in [6.45, 7) is 1.32. The molecule has 0 aliphatic heterocycles. The monoisotopic (exact) mass is 102 g/mol. The molecule has 0 aromatic rings. The highest BCUT2D eigenvalue weighted by Gasteiger charge is 1.97. The SMILES string of the molecule is C/C(=N/N)C(=O)O. The maximum atomic E-state index is 9.72. The Balaban J connectivity index is 3.82. The molecule has 0 aromatic carbocycles. The zero-order chi connectivity index (χ0) is 5.86. The number of nitrogens with zero attached hydrogens (tertiary/aromatic N) is 1. The third-order valence-corrected chi connectivity index (χ3v) is 0.503. The second-order valence-electron chi connectivity index (χ2n) is 1.02. The van der Waals surface area contributed by atoms with Crippen LogP contribution in [0.25, 0.3) is 0 Å². The van der Waals surface area contributed by atoms with Crippen LogP contribution in [0.15, 0.2) is 5.10 Å². The molecule has 3 N–H and O–H groups in total. The van der Waals surface area contributed by atoms with Crippen molar-refractivity contribution < 1.29 is 9.90 Å². The molecule has 0 aromatic heterocycles. The van der Waals surface area contributed by atoms with Crippen LogP contribution in [-0.4, -0.2) is 16.8 Å². The summed E-state index contributed by atoms with van der Waals surface area (Å²) in [6.07, 6.45) is 0. The number of hydrogen-bond acceptors (Lipinski definition) is 3. The highest BCUT2D eigenvalue weighted by atomic mass is 16.4. The van der Waals surface area contributed by atoms with E-state index in [1.807, 2.05) is 0 Å². The number of carboxylic acid groups (broad SMARTS) is 1. The van der Waals surface area contributed by atoms with E-state index in [0.29, 0.717) is 0 Å². The molecule has 0 atom stereocenters. The number of rotatable bonds is 1. The lowest BCUT2D eigenvalue weighted by Gasteiger charge is -1.82. The average Bonchev–Trinajstić information content (AvgIpc) is 1.65. The summed E-state index contributed by atoms with van der Waals surface area (Å²) in [4.78, 5) is 9.72. The molecule has 4 heteroatoms. The molecular weight excluding hydrogens is 96.0 g/mol. The summed E-state index contributed by atoms with van der Waals surface area (Å²) in [6, 6.07) is 0. The predicted octanol–water partition coefficient (Wildman–Crippen LogP) is -0.594. The summed E-state index contributed by atoms with van der Waals surface area (Å²) in [5, 5.41) is 10.9. The Hall–Kier alpha value is -1.06. The number of hydrazone groups is 1. The van der Waals surface area contributed by atoms with Crippen molar-refractivity contribution in [2.45, 2.75) is 6.92 Å². The second kappa shape index (κ2) is 2.17. The van der Waals surface area contributed by atoms with Gasteiger partial charge in [-0.15, -0.1) is 0 Å². The van der Waals surface area contributed by atoms with Crippen molar-refractivity contribution in [3.63, 3.8) is 0 Å². The summed E-state index contributed by atoms with van der Waals surface area (Å²) in [5.41, 5.74) is -0.0833. The Morgan fingerprint density at radius 1 is 1.86 bits per heavy atom. The lowest BCUT2D eigenvalue weighted by molar-refractivity contribution is -0.129. The highest BCUT2D eigenvalue weighted by molar-refractivity contribution is 6.34. The number of carboxylic acids is 1. The molecule has 0 bridgehead atoms. The molecule has 0 aliphatic rings. The van der Waals surface area contributed by atoms with E-state index in [9.17, 15) is 4.79 Å². The molecular formula is C3H6N2O2. The maximum Gasteiger partial charge on any atom is 0.351 e. The first-order valence-electron chi connectivity index (χ1n) is 1.66. The molecule has 40 valence electrons. The van der Waals surface area contributed by atoms with Crippen molar-refractivity contribution in [1.82, 2.24) is 0 Å². The fourth-order valence-corrected chi connectivity index (χ4v) is 0.0552. The molecule has 0 radical (unpaired) electrons. The van der Waals surface area contributed by atoms with Gasteiger partial charge in [-0.25, -0.2) is 4.79 Å². The molecule has 0 unspecified atom stereocenters. The molecule has 0 rings (SSSR count). The first kappa shape index (κ1) is 5.94. The van der Waals surface area contributed by atoms with Crippen LogP contribution in [-0.2, 0) is 4.79 Å². The lowest BCUT2D eigenvalue weighted by atomic mass is 10.4. The van der Waals surface area contributed by atoms with Gasteiger partial charge < -0.3 is 10.9 Å². The lowest BCUT2D eigenvalue weighted by Crippen LogP contribution is -2.09. The van der Waals surface area contributed by atoms with Gasteiger partial charge in [-0.3, -0.25) is 0 Å². The van der Waals surface area contributed by atoms with Gasteiger partial charge in [0.1, 0.15) is 5.71 Å². The topological polar surface area (TPSA) is 75.7 Å². The van der Waals surface area contributed by atoms with Gasteiger partial charge in [0.2, 0.25) is 0 Å². The van der Waals surface area contributed by atoms with Gasteiger partial charge in [0.15, 0.2) is 0 Å². The molecule has 0 saturated heterocycles. The fourth-order valence-electron chi connectivity index (χ4n) is 0.0552. The van der Waals surface area contributed by atoms with E-state index in [1.54, 1.807) is 0 Å². The van der Waals surface area contributed by atoms with E-state index in [0.717, 1.165) is 0 Å². The Morgan fingerprint density at radius 2 is 2.29 bits per heavy atom. The molecule has 0 fully saturated rings. The minimum absolute atomic E-state index is 0.0833. The zero-order valence-corrected chi connectivity index (χ0v) is 3.88. The van der Waals surface area contributed by atoms with Crippen LogP contribution < -0.4 is 5.84 Å². The van der Waals surface area contributed by atoms with Crippen molar-refractivity contribution in [3.05, 3.63) is 0 Å². The van der Waals surface area contributed by atoms with Gasteiger partial charge in [0, 0.05) is 0 Å². The Labute approximate surface area is 40.6 Å². The van der Waals surface area contributed by atoms with E-state index in [2.05, 4.69) is 10.9 Å². The summed E-state index contributed by atoms with van der Waals surface area (Å²) in [7, 11) is 0. The molecule has 0 amide bonds. The Bertz CT molecular complexity index is 108. The van der Waals surface area contributed by atoms with Crippen LogP contribution in [0.4, 0.5) is 0 Å². The van der Waals surface area contributed by atoms with Crippen LogP contribution in [0.5, 0.6) is 0 Å². The van der Waals surface area contributed by atoms with E-state index in [4.69, 9.17) is 5.11 Å². The van der Waals surface area contributed by atoms with Crippen molar-refractivity contribution in [2.24, 2.45) is 10.9 Å². The standard InChI is InChI=1S/C3H6N2O2/c1-2(5-4)3(6)7/h4H2,1H3,(H,6,7)/b5-2-. The van der Waals surface area contributed by atoms with Gasteiger partial charge in [-0.05, 0) is 6.92 Å². The van der Waals surface area contributed by atoms with Crippen molar-refractivity contribution in [3.8, 4) is 0 Å². The quantitative estimate of drug-likeness (QED) is 0.264. The van der Waals surface area contributed by atoms with Crippen molar-refractivity contribution >= 4 is 11.7 Å². The largest absolute Gasteiger partial charge is 0.477 e. The average molecular weight is 102 g/mol. The Morgan fingerprint density at radius 3 is 2.29 bits per heavy atom. The molecule has 0 spiro atoms. The number of hydrogen-bond donors (Lipinski definition) is 2. The molecule has 0 aliphatic carbocycles. The van der Waals surface area contributed by atoms with Gasteiger partial charge in [-0.1, -0.05) is 0 Å². The third-order valence-electron chi connectivity index (χ3n) is 0.503. The summed E-state index contributed by atoms with van der Waals surface area (Å²) < 4.78 is 0. The minimum Gasteiger partial charge on any atom is -0.477 e. The first-order chi connectivity index (χ1) is 3.18. The number of nitrogens with two attached hydrogens (primary N) is 1. The molecule has 7 heavy (non-hydrogen) atoms. The van der Waals surface area contributed by atoms with Crippen LogP contribution in [0, 0.1) is 0 Å². The van der Waals surface area contributed by atoms with Crippen LogP contribution >= 0.6 is 0 Å². The summed E-state index contributed by atoms with van der Waals surface area (Å²) >= 11 is 0. The molecule has 0 saturated carbocycles. The summed E-state index contributed by atoms with van der Waals surface area (Å²) in [5.74, 6) is 3.50. The first-order valence-corrected chi connectivity index (χ1v) is 1.66. The van der Waals surface area contributed by atoms with E-state index in [1.165, 1.54) is 6.92 Å². The van der Waals surface area contributed by atoms with Crippen LogP contribution in [0.1, 0.15) is 6.92 Å². The van der Waals surface area contributed by atoms with E-state index < -0.39 is 5.97 Å².